The van der Waals surface area contributed by atoms with Gasteiger partial charge in [0, 0.05) is 11.6 Å². The van der Waals surface area contributed by atoms with Crippen LogP contribution in [-0.4, -0.2) is 38.8 Å². The average molecular weight is 371 g/mol. The lowest BCUT2D eigenvalue weighted by Crippen LogP contribution is -2.42. The Labute approximate surface area is 160 Å². The van der Waals surface area contributed by atoms with Crippen LogP contribution in [0.4, 0.5) is 0 Å². The summed E-state index contributed by atoms with van der Waals surface area (Å²) in [6, 6.07) is 7.89. The highest BCUT2D eigenvalue weighted by Gasteiger charge is 2.23. The van der Waals surface area contributed by atoms with Gasteiger partial charge in [-0.05, 0) is 54.7 Å². The second kappa shape index (κ2) is 9.48. The molecule has 2 atom stereocenters. The molecule has 146 valence electrons. The Kier molecular flexibility index (Phi) is 6.79. The lowest BCUT2D eigenvalue weighted by molar-refractivity contribution is -0.123. The standard InChI is InChI=1S/C20H29N5O2/c1-3-4-13-27-17-11-9-16(10-12-17)20-22-24-25(23-20)14-19(26)21-18-8-6-5-7-15(18)2/h9-12,15,18H,3-8,13-14H2,1-2H3,(H,21,26). The number of unbranched alkanes of at least 4 members (excludes halogenated alkanes) is 1. The van der Waals surface area contributed by atoms with Crippen molar-refractivity contribution in [2.45, 2.75) is 65.0 Å². The van der Waals surface area contributed by atoms with Crippen molar-refractivity contribution in [3.05, 3.63) is 24.3 Å². The van der Waals surface area contributed by atoms with E-state index in [-0.39, 0.29) is 18.5 Å². The molecule has 1 N–H and O–H groups in total. The molecule has 0 radical (unpaired) electrons. The van der Waals surface area contributed by atoms with E-state index in [4.69, 9.17) is 4.74 Å². The number of nitrogens with one attached hydrogen (secondary N) is 1. The fourth-order valence-electron chi connectivity index (χ4n) is 3.37. The van der Waals surface area contributed by atoms with Gasteiger partial charge in [0.05, 0.1) is 6.61 Å². The van der Waals surface area contributed by atoms with Crippen molar-refractivity contribution >= 4 is 5.91 Å². The van der Waals surface area contributed by atoms with Crippen LogP contribution in [0.2, 0.25) is 0 Å². The Balaban J connectivity index is 1.54. The minimum Gasteiger partial charge on any atom is -0.494 e. The molecule has 0 aliphatic heterocycles. The topological polar surface area (TPSA) is 81.9 Å². The van der Waals surface area contributed by atoms with Crippen molar-refractivity contribution in [1.82, 2.24) is 25.5 Å². The van der Waals surface area contributed by atoms with Gasteiger partial charge in [-0.2, -0.15) is 4.80 Å². The number of carbonyl (C=O) groups is 1. The third kappa shape index (κ3) is 5.52. The van der Waals surface area contributed by atoms with E-state index in [1.807, 2.05) is 24.3 Å². The monoisotopic (exact) mass is 371 g/mol. The van der Waals surface area contributed by atoms with E-state index in [1.165, 1.54) is 24.1 Å². The summed E-state index contributed by atoms with van der Waals surface area (Å²) < 4.78 is 5.66. The van der Waals surface area contributed by atoms with E-state index < -0.39 is 0 Å². The summed E-state index contributed by atoms with van der Waals surface area (Å²) in [5, 5.41) is 15.5. The number of rotatable bonds is 8. The highest BCUT2D eigenvalue weighted by molar-refractivity contribution is 5.75. The van der Waals surface area contributed by atoms with Gasteiger partial charge < -0.3 is 10.1 Å². The first-order valence-electron chi connectivity index (χ1n) is 9.96. The van der Waals surface area contributed by atoms with Crippen molar-refractivity contribution in [1.29, 1.82) is 0 Å². The molecule has 0 saturated heterocycles. The highest BCUT2D eigenvalue weighted by atomic mass is 16.5. The van der Waals surface area contributed by atoms with Crippen LogP contribution >= 0.6 is 0 Å². The maximum atomic E-state index is 12.3. The van der Waals surface area contributed by atoms with Gasteiger partial charge in [0.1, 0.15) is 12.3 Å². The summed E-state index contributed by atoms with van der Waals surface area (Å²) in [4.78, 5) is 13.6. The number of ether oxygens (including phenoxy) is 1. The number of aromatic nitrogens is 4. The van der Waals surface area contributed by atoms with Gasteiger partial charge in [0.15, 0.2) is 0 Å². The van der Waals surface area contributed by atoms with Crippen LogP contribution in [-0.2, 0) is 11.3 Å². The Morgan fingerprint density at radius 3 is 2.78 bits per heavy atom. The van der Waals surface area contributed by atoms with E-state index in [2.05, 4.69) is 34.6 Å². The van der Waals surface area contributed by atoms with Gasteiger partial charge in [-0.3, -0.25) is 4.79 Å². The van der Waals surface area contributed by atoms with Gasteiger partial charge in [-0.1, -0.05) is 33.1 Å². The number of amides is 1. The first-order valence-corrected chi connectivity index (χ1v) is 9.96. The second-order valence-electron chi connectivity index (χ2n) is 7.31. The molecule has 1 fully saturated rings. The third-order valence-electron chi connectivity index (χ3n) is 5.07. The lowest BCUT2D eigenvalue weighted by Gasteiger charge is -2.29. The molecule has 1 aromatic carbocycles. The molecule has 7 nitrogen and oxygen atoms in total. The largest absolute Gasteiger partial charge is 0.494 e. The SMILES string of the molecule is CCCCOc1ccc(-c2nnn(CC(=O)NC3CCCCC3C)n2)cc1. The number of benzene rings is 1. The van der Waals surface area contributed by atoms with Crippen LogP contribution in [0.3, 0.4) is 0 Å². The first kappa shape index (κ1) is 19.3. The van der Waals surface area contributed by atoms with E-state index in [9.17, 15) is 4.79 Å². The number of carbonyl (C=O) groups excluding carboxylic acids is 1. The number of hydrogen-bond acceptors (Lipinski definition) is 5. The molecule has 1 aliphatic carbocycles. The minimum atomic E-state index is -0.0580. The summed E-state index contributed by atoms with van der Waals surface area (Å²) in [6.45, 7) is 5.15. The summed E-state index contributed by atoms with van der Waals surface area (Å²) in [7, 11) is 0. The molecule has 7 heteroatoms. The zero-order valence-electron chi connectivity index (χ0n) is 16.2. The molecule has 1 aliphatic rings. The minimum absolute atomic E-state index is 0.0580. The molecule has 1 amide bonds. The lowest BCUT2D eigenvalue weighted by atomic mass is 9.86. The fourth-order valence-corrected chi connectivity index (χ4v) is 3.37. The number of tetrazole rings is 1. The first-order chi connectivity index (χ1) is 13.2. The molecule has 1 saturated carbocycles. The van der Waals surface area contributed by atoms with E-state index in [1.54, 1.807) is 0 Å². The molecule has 1 aromatic heterocycles. The third-order valence-corrected chi connectivity index (χ3v) is 5.07. The quantitative estimate of drug-likeness (QED) is 0.721. The van der Waals surface area contributed by atoms with Crippen molar-refractivity contribution in [2.24, 2.45) is 5.92 Å². The molecular weight excluding hydrogens is 342 g/mol. The molecular formula is C20H29N5O2. The molecule has 2 unspecified atom stereocenters. The van der Waals surface area contributed by atoms with Crippen molar-refractivity contribution in [3.63, 3.8) is 0 Å². The maximum absolute atomic E-state index is 12.3. The van der Waals surface area contributed by atoms with Gasteiger partial charge in [0.2, 0.25) is 11.7 Å². The summed E-state index contributed by atoms with van der Waals surface area (Å²) in [5.41, 5.74) is 0.852. The normalized spacial score (nSPS) is 19.6. The van der Waals surface area contributed by atoms with Crippen molar-refractivity contribution in [2.75, 3.05) is 6.61 Å². The maximum Gasteiger partial charge on any atom is 0.243 e. The molecule has 0 bridgehead atoms. The number of nitrogens with zero attached hydrogens (tertiary/aromatic N) is 4. The van der Waals surface area contributed by atoms with Crippen LogP contribution in [0, 0.1) is 5.92 Å². The van der Waals surface area contributed by atoms with E-state index in [0.29, 0.717) is 11.7 Å². The summed E-state index contributed by atoms with van der Waals surface area (Å²) >= 11 is 0. The van der Waals surface area contributed by atoms with Crippen LogP contribution in [0.15, 0.2) is 24.3 Å². The van der Waals surface area contributed by atoms with Crippen molar-refractivity contribution < 1.29 is 9.53 Å². The Bertz CT molecular complexity index is 728. The second-order valence-corrected chi connectivity index (χ2v) is 7.31. The van der Waals surface area contributed by atoms with Gasteiger partial charge in [-0.15, -0.1) is 10.2 Å². The molecule has 1 heterocycles. The molecule has 2 aromatic rings. The molecule has 27 heavy (non-hydrogen) atoms. The fraction of sp³-hybridized carbons (Fsp3) is 0.600. The molecule has 0 spiro atoms. The Morgan fingerprint density at radius 1 is 1.26 bits per heavy atom. The average Bonchev–Trinajstić information content (AvgIpc) is 3.13. The van der Waals surface area contributed by atoms with Crippen LogP contribution in [0.1, 0.15) is 52.4 Å². The van der Waals surface area contributed by atoms with Gasteiger partial charge in [-0.25, -0.2) is 0 Å². The van der Waals surface area contributed by atoms with E-state index >= 15 is 0 Å². The predicted molar refractivity (Wildman–Crippen MR) is 103 cm³/mol. The summed E-state index contributed by atoms with van der Waals surface area (Å²) in [5.74, 6) is 1.81. The Hall–Kier alpha value is -2.44. The van der Waals surface area contributed by atoms with Crippen LogP contribution in [0.25, 0.3) is 11.4 Å². The van der Waals surface area contributed by atoms with Crippen molar-refractivity contribution in [3.8, 4) is 17.1 Å². The van der Waals surface area contributed by atoms with E-state index in [0.717, 1.165) is 37.2 Å². The smallest absolute Gasteiger partial charge is 0.243 e. The Morgan fingerprint density at radius 2 is 2.04 bits per heavy atom. The van der Waals surface area contributed by atoms with Crippen LogP contribution in [0.5, 0.6) is 5.75 Å². The van der Waals surface area contributed by atoms with Gasteiger partial charge >= 0.3 is 0 Å². The van der Waals surface area contributed by atoms with Gasteiger partial charge in [0.25, 0.3) is 0 Å². The zero-order chi connectivity index (χ0) is 19.1. The zero-order valence-corrected chi connectivity index (χ0v) is 16.2. The number of hydrogen-bond donors (Lipinski definition) is 1. The highest BCUT2D eigenvalue weighted by Crippen LogP contribution is 2.23. The predicted octanol–water partition coefficient (Wildman–Crippen LogP) is 3.21. The molecule has 3 rings (SSSR count). The summed E-state index contributed by atoms with van der Waals surface area (Å²) in [6.07, 6.45) is 6.81. The van der Waals surface area contributed by atoms with Crippen LogP contribution < -0.4 is 10.1 Å².